The molecule has 0 bridgehead atoms. The third kappa shape index (κ3) is 5.53. The molecule has 0 aliphatic heterocycles. The lowest BCUT2D eigenvalue weighted by Crippen LogP contribution is -2.35. The van der Waals surface area contributed by atoms with Gasteiger partial charge in [0.05, 0.1) is 12.7 Å². The highest BCUT2D eigenvalue weighted by molar-refractivity contribution is 8.00. The number of aliphatic hydroxyl groups excluding tert-OH is 1. The zero-order chi connectivity index (χ0) is 11.9. The third-order valence-corrected chi connectivity index (χ3v) is 4.44. The molecule has 96 valence electrons. The topological polar surface area (TPSA) is 41.5 Å². The van der Waals surface area contributed by atoms with E-state index in [1.54, 1.807) is 0 Å². The quantitative estimate of drug-likeness (QED) is 0.576. The van der Waals surface area contributed by atoms with Crippen LogP contribution in [0.4, 0.5) is 0 Å². The third-order valence-electron chi connectivity index (χ3n) is 3.02. The Hall–Kier alpha value is 0.230. The van der Waals surface area contributed by atoms with Gasteiger partial charge in [0, 0.05) is 24.4 Å². The molecule has 1 aliphatic rings. The minimum absolute atomic E-state index is 0.366. The van der Waals surface area contributed by atoms with E-state index in [4.69, 9.17) is 4.74 Å². The zero-order valence-electron chi connectivity index (χ0n) is 10.5. The van der Waals surface area contributed by atoms with Gasteiger partial charge in [-0.05, 0) is 25.5 Å². The van der Waals surface area contributed by atoms with Crippen LogP contribution >= 0.6 is 11.8 Å². The highest BCUT2D eigenvalue weighted by atomic mass is 32.2. The molecule has 0 aromatic heterocycles. The van der Waals surface area contributed by atoms with Crippen molar-refractivity contribution >= 4 is 11.8 Å². The fourth-order valence-electron chi connectivity index (χ4n) is 1.58. The molecule has 16 heavy (non-hydrogen) atoms. The standard InChI is InChI=1S/C12H25NO2S/c1-3-4-7-15-9-11(14)8-13-10-12(16-2)5-6-12/h11,13-14H,3-10H2,1-2H3. The molecule has 0 aromatic carbocycles. The fourth-order valence-corrected chi connectivity index (χ4v) is 2.34. The van der Waals surface area contributed by atoms with E-state index in [0.717, 1.165) is 26.0 Å². The van der Waals surface area contributed by atoms with E-state index < -0.39 is 0 Å². The van der Waals surface area contributed by atoms with E-state index in [9.17, 15) is 5.11 Å². The van der Waals surface area contributed by atoms with Crippen molar-refractivity contribution in [2.45, 2.75) is 43.5 Å². The van der Waals surface area contributed by atoms with Gasteiger partial charge in [0.15, 0.2) is 0 Å². The molecular weight excluding hydrogens is 222 g/mol. The van der Waals surface area contributed by atoms with Crippen LogP contribution < -0.4 is 5.32 Å². The molecule has 4 heteroatoms. The SMILES string of the molecule is CCCCOCC(O)CNCC1(SC)CC1. The molecule has 2 N–H and O–H groups in total. The summed E-state index contributed by atoms with van der Waals surface area (Å²) in [4.78, 5) is 0. The maximum Gasteiger partial charge on any atom is 0.0897 e. The molecule has 0 radical (unpaired) electrons. The number of nitrogens with one attached hydrogen (secondary N) is 1. The molecule has 1 saturated carbocycles. The summed E-state index contributed by atoms with van der Waals surface area (Å²) in [5.41, 5.74) is 0. The summed E-state index contributed by atoms with van der Waals surface area (Å²) >= 11 is 1.94. The molecule has 1 unspecified atom stereocenters. The molecule has 0 aromatic rings. The average molecular weight is 247 g/mol. The first-order chi connectivity index (χ1) is 7.72. The lowest BCUT2D eigenvalue weighted by Gasteiger charge is -2.16. The summed E-state index contributed by atoms with van der Waals surface area (Å²) in [6.45, 7) is 5.02. The Labute approximate surface area is 103 Å². The van der Waals surface area contributed by atoms with Gasteiger partial charge in [-0.3, -0.25) is 0 Å². The van der Waals surface area contributed by atoms with Crippen LogP contribution in [0.5, 0.6) is 0 Å². The van der Waals surface area contributed by atoms with E-state index in [-0.39, 0.29) is 6.10 Å². The van der Waals surface area contributed by atoms with Crippen molar-refractivity contribution in [2.24, 2.45) is 0 Å². The van der Waals surface area contributed by atoms with Gasteiger partial charge in [-0.1, -0.05) is 13.3 Å². The fraction of sp³-hybridized carbons (Fsp3) is 1.00. The first kappa shape index (κ1) is 14.3. The van der Waals surface area contributed by atoms with Crippen LogP contribution in [0.2, 0.25) is 0 Å². The Morgan fingerprint density at radius 2 is 2.25 bits per heavy atom. The molecule has 1 aliphatic carbocycles. The van der Waals surface area contributed by atoms with Crippen molar-refractivity contribution in [3.05, 3.63) is 0 Å². The lowest BCUT2D eigenvalue weighted by atomic mass is 10.3. The molecule has 0 saturated heterocycles. The van der Waals surface area contributed by atoms with Crippen LogP contribution in [0, 0.1) is 0 Å². The predicted octanol–water partition coefficient (Wildman–Crippen LogP) is 1.65. The van der Waals surface area contributed by atoms with E-state index in [1.807, 2.05) is 11.8 Å². The highest BCUT2D eigenvalue weighted by Gasteiger charge is 2.41. The van der Waals surface area contributed by atoms with Gasteiger partial charge in [0.1, 0.15) is 0 Å². The number of ether oxygens (including phenoxy) is 1. The maximum absolute atomic E-state index is 9.64. The summed E-state index contributed by atoms with van der Waals surface area (Å²) in [5.74, 6) is 0. The number of aliphatic hydroxyl groups is 1. The minimum atomic E-state index is -0.366. The second-order valence-corrected chi connectivity index (χ2v) is 5.87. The normalized spacial score (nSPS) is 19.7. The van der Waals surface area contributed by atoms with Crippen molar-refractivity contribution in [1.29, 1.82) is 0 Å². The van der Waals surface area contributed by atoms with Crippen molar-refractivity contribution < 1.29 is 9.84 Å². The molecule has 1 rings (SSSR count). The van der Waals surface area contributed by atoms with Gasteiger partial charge >= 0.3 is 0 Å². The number of unbranched alkanes of at least 4 members (excludes halogenated alkanes) is 1. The second-order valence-electron chi connectivity index (χ2n) is 4.60. The zero-order valence-corrected chi connectivity index (χ0v) is 11.3. The van der Waals surface area contributed by atoms with E-state index in [0.29, 0.717) is 17.9 Å². The van der Waals surface area contributed by atoms with Crippen LogP contribution in [0.3, 0.4) is 0 Å². The Bertz CT molecular complexity index is 186. The minimum Gasteiger partial charge on any atom is -0.389 e. The molecule has 3 nitrogen and oxygen atoms in total. The molecular formula is C12H25NO2S. The first-order valence-electron chi connectivity index (χ1n) is 6.24. The summed E-state index contributed by atoms with van der Waals surface area (Å²) in [6, 6.07) is 0. The van der Waals surface area contributed by atoms with Crippen LogP contribution in [0.15, 0.2) is 0 Å². The molecule has 1 atom stereocenters. The Morgan fingerprint density at radius 3 is 2.81 bits per heavy atom. The largest absolute Gasteiger partial charge is 0.389 e. The summed E-state index contributed by atoms with van der Waals surface area (Å²) in [5, 5.41) is 13.0. The monoisotopic (exact) mass is 247 g/mol. The van der Waals surface area contributed by atoms with Gasteiger partial charge in [-0.2, -0.15) is 11.8 Å². The van der Waals surface area contributed by atoms with Crippen LogP contribution in [-0.2, 0) is 4.74 Å². The van der Waals surface area contributed by atoms with Gasteiger partial charge in [-0.15, -0.1) is 0 Å². The number of hydrogen-bond acceptors (Lipinski definition) is 4. The van der Waals surface area contributed by atoms with E-state index >= 15 is 0 Å². The summed E-state index contributed by atoms with van der Waals surface area (Å²) in [6.07, 6.45) is 6.64. The van der Waals surface area contributed by atoms with Crippen LogP contribution in [0.25, 0.3) is 0 Å². The van der Waals surface area contributed by atoms with Crippen molar-refractivity contribution in [2.75, 3.05) is 32.6 Å². The highest BCUT2D eigenvalue weighted by Crippen LogP contribution is 2.46. The molecule has 1 fully saturated rings. The van der Waals surface area contributed by atoms with Crippen molar-refractivity contribution in [1.82, 2.24) is 5.32 Å². The number of rotatable bonds is 10. The maximum atomic E-state index is 9.64. The van der Waals surface area contributed by atoms with E-state index in [2.05, 4.69) is 18.5 Å². The average Bonchev–Trinajstić information content (AvgIpc) is 3.05. The first-order valence-corrected chi connectivity index (χ1v) is 7.46. The number of thioether (sulfide) groups is 1. The van der Waals surface area contributed by atoms with E-state index in [1.165, 1.54) is 12.8 Å². The Kier molecular flexibility index (Phi) is 6.73. The molecule has 0 heterocycles. The molecule has 0 amide bonds. The second kappa shape index (κ2) is 7.54. The summed E-state index contributed by atoms with van der Waals surface area (Å²) in [7, 11) is 0. The van der Waals surface area contributed by atoms with Crippen molar-refractivity contribution in [3.8, 4) is 0 Å². The van der Waals surface area contributed by atoms with Crippen LogP contribution in [-0.4, -0.2) is 48.5 Å². The van der Waals surface area contributed by atoms with Gasteiger partial charge < -0.3 is 15.2 Å². The summed E-state index contributed by atoms with van der Waals surface area (Å²) < 4.78 is 5.84. The van der Waals surface area contributed by atoms with Crippen molar-refractivity contribution in [3.63, 3.8) is 0 Å². The van der Waals surface area contributed by atoms with Crippen LogP contribution in [0.1, 0.15) is 32.6 Å². The predicted molar refractivity (Wildman–Crippen MR) is 70.1 cm³/mol. The Morgan fingerprint density at radius 1 is 1.50 bits per heavy atom. The van der Waals surface area contributed by atoms with Gasteiger partial charge in [-0.25, -0.2) is 0 Å². The van der Waals surface area contributed by atoms with Gasteiger partial charge in [0.2, 0.25) is 0 Å². The van der Waals surface area contributed by atoms with Gasteiger partial charge in [0.25, 0.3) is 0 Å². The number of hydrogen-bond donors (Lipinski definition) is 2. The molecule has 0 spiro atoms. The smallest absolute Gasteiger partial charge is 0.0897 e. The lowest BCUT2D eigenvalue weighted by molar-refractivity contribution is 0.0360. The Balaban J connectivity index is 1.92.